The number of piperidine rings is 1. The number of rotatable bonds is 4. The van der Waals surface area contributed by atoms with Gasteiger partial charge in [-0.05, 0) is 38.1 Å². The van der Waals surface area contributed by atoms with Crippen LogP contribution in [0.15, 0.2) is 33.4 Å². The van der Waals surface area contributed by atoms with Crippen LogP contribution >= 0.6 is 0 Å². The molecule has 1 fully saturated rings. The van der Waals surface area contributed by atoms with Gasteiger partial charge in [-0.2, -0.15) is 0 Å². The van der Waals surface area contributed by atoms with E-state index in [1.54, 1.807) is 6.26 Å². The molecule has 19 heavy (non-hydrogen) atoms. The predicted molar refractivity (Wildman–Crippen MR) is 68.3 cm³/mol. The van der Waals surface area contributed by atoms with Crippen molar-refractivity contribution in [3.05, 3.63) is 30.2 Å². The maximum atomic E-state index is 10.7. The average Bonchev–Trinajstić information content (AvgIpc) is 3.10. The van der Waals surface area contributed by atoms with Crippen molar-refractivity contribution in [3.63, 3.8) is 0 Å². The van der Waals surface area contributed by atoms with E-state index in [0.29, 0.717) is 11.5 Å². The number of likely N-dealkylation sites (tertiary alicyclic amines) is 1. The third-order valence-corrected chi connectivity index (χ3v) is 3.53. The van der Waals surface area contributed by atoms with E-state index in [1.165, 1.54) is 0 Å². The first kappa shape index (κ1) is 12.2. The minimum atomic E-state index is 0.229. The number of carbonyl (C=O) groups is 1. The molecule has 3 heterocycles. The first-order valence-corrected chi connectivity index (χ1v) is 6.52. The summed E-state index contributed by atoms with van der Waals surface area (Å²) in [5.41, 5.74) is 0.899. The van der Waals surface area contributed by atoms with Crippen LogP contribution in [0.25, 0.3) is 11.5 Å². The van der Waals surface area contributed by atoms with E-state index in [4.69, 9.17) is 8.94 Å². The molecule has 0 radical (unpaired) electrons. The van der Waals surface area contributed by atoms with E-state index >= 15 is 0 Å². The molecule has 1 saturated heterocycles. The van der Waals surface area contributed by atoms with Crippen LogP contribution in [0, 0.1) is 5.92 Å². The molecule has 2 aromatic rings. The fourth-order valence-electron chi connectivity index (χ4n) is 2.40. The van der Waals surface area contributed by atoms with Crippen molar-refractivity contribution in [1.82, 2.24) is 10.1 Å². The second-order valence-electron chi connectivity index (χ2n) is 4.91. The molecule has 0 atom stereocenters. The molecule has 0 unspecified atom stereocenters. The minimum absolute atomic E-state index is 0.229. The lowest BCUT2D eigenvalue weighted by molar-refractivity contribution is -0.112. The highest BCUT2D eigenvalue weighted by Crippen LogP contribution is 2.22. The molecule has 1 aliphatic rings. The number of nitrogens with zero attached hydrogens (tertiary/aromatic N) is 2. The van der Waals surface area contributed by atoms with Gasteiger partial charge in [0.1, 0.15) is 6.29 Å². The maximum absolute atomic E-state index is 10.7. The number of aldehydes is 1. The molecule has 0 aliphatic carbocycles. The van der Waals surface area contributed by atoms with Gasteiger partial charge in [-0.3, -0.25) is 4.90 Å². The molecule has 0 saturated carbocycles. The summed E-state index contributed by atoms with van der Waals surface area (Å²) in [5.74, 6) is 1.58. The van der Waals surface area contributed by atoms with Crippen LogP contribution in [0.1, 0.15) is 18.5 Å². The Morgan fingerprint density at radius 2 is 2.21 bits per heavy atom. The third-order valence-electron chi connectivity index (χ3n) is 3.53. The number of hydrogen-bond donors (Lipinski definition) is 0. The van der Waals surface area contributed by atoms with Gasteiger partial charge in [-0.15, -0.1) is 0 Å². The van der Waals surface area contributed by atoms with Crippen molar-refractivity contribution in [1.29, 1.82) is 0 Å². The van der Waals surface area contributed by atoms with Gasteiger partial charge in [0.05, 0.1) is 12.0 Å². The first-order chi connectivity index (χ1) is 9.35. The van der Waals surface area contributed by atoms with Crippen molar-refractivity contribution >= 4 is 6.29 Å². The van der Waals surface area contributed by atoms with Crippen LogP contribution in [0.4, 0.5) is 0 Å². The molecule has 2 aromatic heterocycles. The lowest BCUT2D eigenvalue weighted by Gasteiger charge is -2.28. The highest BCUT2D eigenvalue weighted by atomic mass is 16.5. The van der Waals surface area contributed by atoms with Gasteiger partial charge in [0.15, 0.2) is 5.76 Å². The van der Waals surface area contributed by atoms with Gasteiger partial charge in [-0.25, -0.2) is 0 Å². The van der Waals surface area contributed by atoms with E-state index in [9.17, 15) is 4.79 Å². The standard InChI is InChI=1S/C14H16N2O3/c17-10-11-3-5-16(6-4-11)9-12-8-14(19-15-12)13-2-1-7-18-13/h1-2,7-8,10-11H,3-6,9H2. The maximum Gasteiger partial charge on any atom is 0.202 e. The highest BCUT2D eigenvalue weighted by molar-refractivity contribution is 5.53. The Morgan fingerprint density at radius 1 is 1.37 bits per heavy atom. The quantitative estimate of drug-likeness (QED) is 0.790. The van der Waals surface area contributed by atoms with Crippen molar-refractivity contribution < 1.29 is 13.7 Å². The van der Waals surface area contributed by atoms with Crippen molar-refractivity contribution in [3.8, 4) is 11.5 Å². The Balaban J connectivity index is 1.60. The lowest BCUT2D eigenvalue weighted by Crippen LogP contribution is -2.33. The fraction of sp³-hybridized carbons (Fsp3) is 0.429. The summed E-state index contributed by atoms with van der Waals surface area (Å²) < 4.78 is 10.5. The van der Waals surface area contributed by atoms with Gasteiger partial charge in [0.2, 0.25) is 5.76 Å². The number of carbonyl (C=O) groups excluding carboxylic acids is 1. The van der Waals surface area contributed by atoms with Crippen molar-refractivity contribution in [2.24, 2.45) is 5.92 Å². The monoisotopic (exact) mass is 260 g/mol. The van der Waals surface area contributed by atoms with Crippen LogP contribution in [0.5, 0.6) is 0 Å². The molecular weight excluding hydrogens is 244 g/mol. The van der Waals surface area contributed by atoms with Gasteiger partial charge in [0, 0.05) is 18.5 Å². The van der Waals surface area contributed by atoms with Crippen LogP contribution < -0.4 is 0 Å². The Morgan fingerprint density at radius 3 is 2.89 bits per heavy atom. The molecule has 1 aliphatic heterocycles. The van der Waals surface area contributed by atoms with Crippen molar-refractivity contribution in [2.75, 3.05) is 13.1 Å². The third kappa shape index (κ3) is 2.76. The molecule has 0 N–H and O–H groups in total. The smallest absolute Gasteiger partial charge is 0.202 e. The minimum Gasteiger partial charge on any atom is -0.461 e. The summed E-state index contributed by atoms with van der Waals surface area (Å²) >= 11 is 0. The van der Waals surface area contributed by atoms with Gasteiger partial charge < -0.3 is 13.7 Å². The fourth-order valence-corrected chi connectivity index (χ4v) is 2.40. The van der Waals surface area contributed by atoms with E-state index in [2.05, 4.69) is 10.1 Å². The second-order valence-corrected chi connectivity index (χ2v) is 4.91. The second kappa shape index (κ2) is 5.40. The zero-order valence-electron chi connectivity index (χ0n) is 10.6. The van der Waals surface area contributed by atoms with Crippen LogP contribution in [0.3, 0.4) is 0 Å². The number of aromatic nitrogens is 1. The summed E-state index contributed by atoms with van der Waals surface area (Å²) in [5, 5.41) is 4.06. The average molecular weight is 260 g/mol. The van der Waals surface area contributed by atoms with E-state index in [-0.39, 0.29) is 5.92 Å². The van der Waals surface area contributed by atoms with Crippen LogP contribution in [-0.2, 0) is 11.3 Å². The summed E-state index contributed by atoms with van der Waals surface area (Å²) in [6.45, 7) is 2.63. The zero-order valence-corrected chi connectivity index (χ0v) is 10.6. The number of hydrogen-bond acceptors (Lipinski definition) is 5. The molecule has 100 valence electrons. The van der Waals surface area contributed by atoms with Crippen LogP contribution in [-0.4, -0.2) is 29.4 Å². The highest BCUT2D eigenvalue weighted by Gasteiger charge is 2.20. The summed E-state index contributed by atoms with van der Waals surface area (Å²) in [4.78, 5) is 13.0. The largest absolute Gasteiger partial charge is 0.461 e. The summed E-state index contributed by atoms with van der Waals surface area (Å²) in [7, 11) is 0. The molecule has 0 amide bonds. The topological polar surface area (TPSA) is 59.5 Å². The van der Waals surface area contributed by atoms with E-state index < -0.39 is 0 Å². The molecule has 3 rings (SSSR count). The first-order valence-electron chi connectivity index (χ1n) is 6.52. The Kier molecular flexibility index (Phi) is 3.46. The van der Waals surface area contributed by atoms with Gasteiger partial charge in [-0.1, -0.05) is 5.16 Å². The SMILES string of the molecule is O=CC1CCN(Cc2cc(-c3ccco3)on2)CC1. The van der Waals surface area contributed by atoms with Crippen molar-refractivity contribution in [2.45, 2.75) is 19.4 Å². The van der Waals surface area contributed by atoms with E-state index in [0.717, 1.165) is 44.5 Å². The Labute approximate surface area is 111 Å². The summed E-state index contributed by atoms with van der Waals surface area (Å²) in [6, 6.07) is 5.58. The van der Waals surface area contributed by atoms with Crippen LogP contribution in [0.2, 0.25) is 0 Å². The molecule has 5 heteroatoms. The molecular formula is C14H16N2O3. The lowest BCUT2D eigenvalue weighted by atomic mass is 9.98. The Hall–Kier alpha value is -1.88. The molecule has 0 spiro atoms. The summed E-state index contributed by atoms with van der Waals surface area (Å²) in [6.07, 6.45) is 4.56. The predicted octanol–water partition coefficient (Wildman–Crippen LogP) is 2.35. The van der Waals surface area contributed by atoms with E-state index in [1.807, 2.05) is 18.2 Å². The van der Waals surface area contributed by atoms with Gasteiger partial charge in [0.25, 0.3) is 0 Å². The zero-order chi connectivity index (χ0) is 13.1. The molecule has 5 nitrogen and oxygen atoms in total. The Bertz CT molecular complexity index is 525. The molecule has 0 bridgehead atoms. The molecule has 0 aromatic carbocycles. The normalized spacial score (nSPS) is 17.7. The van der Waals surface area contributed by atoms with Gasteiger partial charge >= 0.3 is 0 Å². The number of furan rings is 1.